The van der Waals surface area contributed by atoms with Gasteiger partial charge in [0.15, 0.2) is 0 Å². The van der Waals surface area contributed by atoms with Crippen molar-refractivity contribution in [3.8, 4) is 0 Å². The molecule has 29 heavy (non-hydrogen) atoms. The van der Waals surface area contributed by atoms with Crippen molar-refractivity contribution >= 4 is 34.8 Å². The van der Waals surface area contributed by atoms with Gasteiger partial charge >= 0.3 is 0 Å². The lowest BCUT2D eigenvalue weighted by Gasteiger charge is -2.40. The fourth-order valence-corrected chi connectivity index (χ4v) is 5.75. The lowest BCUT2D eigenvalue weighted by Crippen LogP contribution is -2.52. The molecule has 4 nitrogen and oxygen atoms in total. The van der Waals surface area contributed by atoms with Crippen molar-refractivity contribution in [2.75, 3.05) is 18.5 Å². The fourth-order valence-electron chi connectivity index (χ4n) is 5.38. The zero-order valence-electron chi connectivity index (χ0n) is 16.1. The molecule has 152 valence electrons. The molecule has 1 spiro atoms. The van der Waals surface area contributed by atoms with E-state index in [9.17, 15) is 9.90 Å². The number of halogens is 2. The minimum Gasteiger partial charge on any atom is -0.396 e. The van der Waals surface area contributed by atoms with E-state index in [-0.39, 0.29) is 24.5 Å². The first kappa shape index (κ1) is 19.4. The Morgan fingerprint density at radius 1 is 1.14 bits per heavy atom. The summed E-state index contributed by atoms with van der Waals surface area (Å²) < 4.78 is 0. The van der Waals surface area contributed by atoms with Gasteiger partial charge in [-0.05, 0) is 61.4 Å². The third-order valence-electron chi connectivity index (χ3n) is 6.76. The van der Waals surface area contributed by atoms with Crippen molar-refractivity contribution in [1.29, 1.82) is 0 Å². The number of carbonyl (C=O) groups excluding carboxylic acids is 1. The molecule has 2 aromatic carbocycles. The minimum absolute atomic E-state index is 0.000770. The number of amides is 1. The molecule has 2 fully saturated rings. The van der Waals surface area contributed by atoms with Crippen LogP contribution in [0.25, 0.3) is 0 Å². The van der Waals surface area contributed by atoms with Crippen LogP contribution < -0.4 is 5.32 Å². The summed E-state index contributed by atoms with van der Waals surface area (Å²) in [6.45, 7) is 0.983. The normalized spacial score (nSPS) is 28.7. The number of fused-ring (bicyclic) bond motifs is 2. The van der Waals surface area contributed by atoms with Gasteiger partial charge in [-0.25, -0.2) is 0 Å². The summed E-state index contributed by atoms with van der Waals surface area (Å²) in [7, 11) is 0. The van der Waals surface area contributed by atoms with E-state index in [0.717, 1.165) is 29.8 Å². The van der Waals surface area contributed by atoms with E-state index >= 15 is 0 Å². The molecule has 0 bridgehead atoms. The molecule has 3 aliphatic rings. The molecule has 1 saturated carbocycles. The number of nitrogens with zero attached hydrogens (tertiary/aromatic N) is 1. The van der Waals surface area contributed by atoms with Gasteiger partial charge in [-0.3, -0.25) is 9.69 Å². The van der Waals surface area contributed by atoms with Gasteiger partial charge in [-0.1, -0.05) is 41.4 Å². The van der Waals surface area contributed by atoms with Crippen LogP contribution in [0.5, 0.6) is 0 Å². The van der Waals surface area contributed by atoms with E-state index < -0.39 is 5.54 Å². The van der Waals surface area contributed by atoms with Gasteiger partial charge in [0.25, 0.3) is 0 Å². The second-order valence-electron chi connectivity index (χ2n) is 8.52. The van der Waals surface area contributed by atoms with Gasteiger partial charge in [0.1, 0.15) is 5.54 Å². The molecule has 1 amide bonds. The number of hydrogen-bond acceptors (Lipinski definition) is 3. The first-order valence-corrected chi connectivity index (χ1v) is 11.0. The first-order chi connectivity index (χ1) is 14.0. The van der Waals surface area contributed by atoms with Gasteiger partial charge in [0.05, 0.1) is 0 Å². The van der Waals surface area contributed by atoms with Gasteiger partial charge in [-0.2, -0.15) is 0 Å². The molecule has 2 N–H and O–H groups in total. The van der Waals surface area contributed by atoms with Crippen molar-refractivity contribution in [3.63, 3.8) is 0 Å². The second kappa shape index (κ2) is 7.28. The van der Waals surface area contributed by atoms with Crippen LogP contribution in [0.3, 0.4) is 0 Å². The third kappa shape index (κ3) is 3.09. The molecule has 6 heteroatoms. The van der Waals surface area contributed by atoms with Crippen molar-refractivity contribution in [1.82, 2.24) is 4.90 Å². The van der Waals surface area contributed by atoms with Crippen LogP contribution in [0.15, 0.2) is 42.5 Å². The van der Waals surface area contributed by atoms with E-state index in [1.54, 1.807) is 0 Å². The van der Waals surface area contributed by atoms with Crippen LogP contribution in [0.4, 0.5) is 5.69 Å². The van der Waals surface area contributed by atoms with Crippen LogP contribution in [0.2, 0.25) is 10.0 Å². The molecule has 1 saturated heterocycles. The van der Waals surface area contributed by atoms with Crippen molar-refractivity contribution in [2.24, 2.45) is 5.92 Å². The van der Waals surface area contributed by atoms with E-state index in [1.165, 1.54) is 12.8 Å². The number of hydrogen-bond donors (Lipinski definition) is 2. The number of nitrogens with one attached hydrogen (secondary N) is 1. The van der Waals surface area contributed by atoms with Crippen LogP contribution in [0, 0.1) is 5.92 Å². The van der Waals surface area contributed by atoms with Gasteiger partial charge in [0, 0.05) is 46.4 Å². The van der Waals surface area contributed by atoms with Crippen molar-refractivity contribution in [2.45, 2.75) is 43.2 Å². The maximum absolute atomic E-state index is 13.7. The standard InChI is InChI=1S/C23H24Cl2N2O2/c24-16-3-1-2-15(10-16)20-12-18(8-9-28)27(13-14-4-5-14)23(20)19-7-6-17(25)11-21(19)26-22(23)29/h1-3,6-7,10-11,14,18,20,28H,4-5,8-9,12-13H2,(H,26,29)/t18-,20+,23+/m0/s1. The molecule has 2 aromatic rings. The summed E-state index contributed by atoms with van der Waals surface area (Å²) in [6, 6.07) is 13.7. The lowest BCUT2D eigenvalue weighted by molar-refractivity contribution is -0.128. The van der Waals surface area contributed by atoms with Crippen LogP contribution in [-0.4, -0.2) is 35.1 Å². The number of aliphatic hydroxyl groups excluding tert-OH is 1. The number of anilines is 1. The van der Waals surface area contributed by atoms with E-state index in [0.29, 0.717) is 22.4 Å². The number of rotatable bonds is 5. The predicted octanol–water partition coefficient (Wildman–Crippen LogP) is 4.79. The van der Waals surface area contributed by atoms with Crippen LogP contribution >= 0.6 is 23.2 Å². The largest absolute Gasteiger partial charge is 0.396 e. The van der Waals surface area contributed by atoms with Gasteiger partial charge < -0.3 is 10.4 Å². The van der Waals surface area contributed by atoms with Crippen molar-refractivity contribution < 1.29 is 9.90 Å². The lowest BCUT2D eigenvalue weighted by atomic mass is 9.75. The molecule has 0 radical (unpaired) electrons. The smallest absolute Gasteiger partial charge is 0.250 e. The highest BCUT2D eigenvalue weighted by atomic mass is 35.5. The molecular weight excluding hydrogens is 407 g/mol. The Kier molecular flexibility index (Phi) is 4.86. The zero-order chi connectivity index (χ0) is 20.2. The quantitative estimate of drug-likeness (QED) is 0.716. The third-order valence-corrected chi connectivity index (χ3v) is 7.23. The summed E-state index contributed by atoms with van der Waals surface area (Å²) in [4.78, 5) is 16.1. The van der Waals surface area contributed by atoms with E-state index in [1.807, 2.05) is 36.4 Å². The highest BCUT2D eigenvalue weighted by molar-refractivity contribution is 6.31. The van der Waals surface area contributed by atoms with Gasteiger partial charge in [-0.15, -0.1) is 0 Å². The average molecular weight is 431 g/mol. The SMILES string of the molecule is O=C1Nc2cc(Cl)ccc2[C@@]12[C@@H](c1cccc(Cl)c1)C[C@H](CCO)N2CC1CC1. The fraction of sp³-hybridized carbons (Fsp3) is 0.435. The molecule has 3 atom stereocenters. The summed E-state index contributed by atoms with van der Waals surface area (Å²) in [5.41, 5.74) is 2.04. The Morgan fingerprint density at radius 2 is 1.93 bits per heavy atom. The first-order valence-electron chi connectivity index (χ1n) is 10.3. The minimum atomic E-state index is -0.799. The van der Waals surface area contributed by atoms with Gasteiger partial charge in [0.2, 0.25) is 5.91 Å². The van der Waals surface area contributed by atoms with Crippen LogP contribution in [-0.2, 0) is 10.3 Å². The summed E-state index contributed by atoms with van der Waals surface area (Å²) >= 11 is 12.6. The molecule has 2 aliphatic heterocycles. The van der Waals surface area contributed by atoms with Crippen molar-refractivity contribution in [3.05, 3.63) is 63.6 Å². The monoisotopic (exact) mass is 430 g/mol. The Morgan fingerprint density at radius 3 is 2.66 bits per heavy atom. The zero-order valence-corrected chi connectivity index (χ0v) is 17.6. The number of benzene rings is 2. The number of aliphatic hydroxyl groups is 1. The number of carbonyl (C=O) groups is 1. The predicted molar refractivity (Wildman–Crippen MR) is 115 cm³/mol. The Bertz CT molecular complexity index is 962. The highest BCUT2D eigenvalue weighted by Crippen LogP contribution is 2.58. The second-order valence-corrected chi connectivity index (χ2v) is 9.39. The molecule has 0 aromatic heterocycles. The molecule has 2 heterocycles. The summed E-state index contributed by atoms with van der Waals surface area (Å²) in [5.74, 6) is 0.579. The summed E-state index contributed by atoms with van der Waals surface area (Å²) in [6.07, 6.45) is 3.87. The molecule has 1 aliphatic carbocycles. The van der Waals surface area contributed by atoms with E-state index in [2.05, 4.69) is 16.3 Å². The Hall–Kier alpha value is -1.59. The maximum Gasteiger partial charge on any atom is 0.250 e. The topological polar surface area (TPSA) is 52.6 Å². The number of likely N-dealkylation sites (tertiary alicyclic amines) is 1. The Balaban J connectivity index is 1.71. The molecular formula is C23H24Cl2N2O2. The Labute approximate surface area is 180 Å². The van der Waals surface area contributed by atoms with E-state index in [4.69, 9.17) is 23.2 Å². The molecule has 0 unspecified atom stereocenters. The maximum atomic E-state index is 13.7. The van der Waals surface area contributed by atoms with Crippen LogP contribution in [0.1, 0.15) is 42.7 Å². The highest BCUT2D eigenvalue weighted by Gasteiger charge is 2.63. The summed E-state index contributed by atoms with van der Waals surface area (Å²) in [5, 5.41) is 14.2. The average Bonchev–Trinajstić information content (AvgIpc) is 3.39. The molecule has 5 rings (SSSR count).